The molecule has 0 fully saturated rings. The molecular weight excluding hydrogens is 176 g/mol. The largest absolute Gasteiger partial charge is 0.493 e. The predicted octanol–water partition coefficient (Wildman–Crippen LogP) is 1.20. The Morgan fingerprint density at radius 3 is 3.08 bits per heavy atom. The highest BCUT2D eigenvalue weighted by Gasteiger charge is 2.13. The van der Waals surface area contributed by atoms with E-state index < -0.39 is 11.1 Å². The summed E-state index contributed by atoms with van der Waals surface area (Å²) in [5.41, 5.74) is 1.12. The van der Waals surface area contributed by atoms with E-state index in [0.29, 0.717) is 11.5 Å². The zero-order chi connectivity index (χ0) is 8.55. The number of rotatable bonds is 1. The monoisotopic (exact) mass is 184 g/mol. The van der Waals surface area contributed by atoms with Gasteiger partial charge >= 0.3 is 0 Å². The van der Waals surface area contributed by atoms with Gasteiger partial charge in [-0.1, -0.05) is 6.07 Å². The van der Waals surface area contributed by atoms with Crippen LogP contribution in [-0.4, -0.2) is 15.4 Å². The van der Waals surface area contributed by atoms with Gasteiger partial charge < -0.3 is 9.29 Å². The van der Waals surface area contributed by atoms with Gasteiger partial charge in [-0.3, -0.25) is 0 Å². The lowest BCUT2D eigenvalue weighted by Crippen LogP contribution is -1.89. The maximum absolute atomic E-state index is 10.7. The molecule has 2 rings (SSSR count). The van der Waals surface area contributed by atoms with Crippen molar-refractivity contribution in [3.8, 4) is 5.75 Å². The molecule has 64 valence electrons. The van der Waals surface area contributed by atoms with Gasteiger partial charge in [-0.25, -0.2) is 4.21 Å². The van der Waals surface area contributed by atoms with Gasteiger partial charge in [0.1, 0.15) is 5.75 Å². The van der Waals surface area contributed by atoms with E-state index in [9.17, 15) is 4.21 Å². The van der Waals surface area contributed by atoms with Crippen LogP contribution in [0, 0.1) is 0 Å². The summed E-state index contributed by atoms with van der Waals surface area (Å²) in [7, 11) is 0. The van der Waals surface area contributed by atoms with E-state index in [4.69, 9.17) is 9.29 Å². The van der Waals surface area contributed by atoms with Crippen molar-refractivity contribution in [3.63, 3.8) is 0 Å². The molecule has 0 aromatic heterocycles. The van der Waals surface area contributed by atoms with Crippen molar-refractivity contribution < 1.29 is 13.5 Å². The molecule has 0 saturated heterocycles. The SMILES string of the molecule is O=S(O)c1ccc2c(c1)OCC2. The van der Waals surface area contributed by atoms with Crippen LogP contribution >= 0.6 is 0 Å². The van der Waals surface area contributed by atoms with Gasteiger partial charge in [-0.2, -0.15) is 0 Å². The third-order valence-corrected chi connectivity index (χ3v) is 2.53. The van der Waals surface area contributed by atoms with Crippen LogP contribution in [0.25, 0.3) is 0 Å². The van der Waals surface area contributed by atoms with Crippen LogP contribution < -0.4 is 4.74 Å². The third-order valence-electron chi connectivity index (χ3n) is 1.87. The number of ether oxygens (including phenoxy) is 1. The molecule has 0 spiro atoms. The molecule has 0 saturated carbocycles. The van der Waals surface area contributed by atoms with E-state index in [1.54, 1.807) is 12.1 Å². The molecular formula is C8H8O3S. The lowest BCUT2D eigenvalue weighted by Gasteiger charge is -1.99. The number of hydrogen-bond donors (Lipinski definition) is 1. The van der Waals surface area contributed by atoms with Crippen molar-refractivity contribution in [1.82, 2.24) is 0 Å². The maximum Gasteiger partial charge on any atom is 0.186 e. The average Bonchev–Trinajstić information content (AvgIpc) is 2.49. The highest BCUT2D eigenvalue weighted by Crippen LogP contribution is 2.26. The van der Waals surface area contributed by atoms with Crippen molar-refractivity contribution in [1.29, 1.82) is 0 Å². The van der Waals surface area contributed by atoms with Crippen molar-refractivity contribution in [3.05, 3.63) is 23.8 Å². The Bertz CT molecular complexity index is 335. The van der Waals surface area contributed by atoms with E-state index in [-0.39, 0.29) is 0 Å². The Balaban J connectivity index is 2.45. The minimum Gasteiger partial charge on any atom is -0.493 e. The van der Waals surface area contributed by atoms with Crippen molar-refractivity contribution >= 4 is 11.1 Å². The Morgan fingerprint density at radius 1 is 1.50 bits per heavy atom. The Morgan fingerprint density at radius 2 is 2.33 bits per heavy atom. The zero-order valence-corrected chi connectivity index (χ0v) is 7.13. The van der Waals surface area contributed by atoms with Crippen LogP contribution in [-0.2, 0) is 17.5 Å². The van der Waals surface area contributed by atoms with Crippen molar-refractivity contribution in [2.75, 3.05) is 6.61 Å². The molecule has 1 atom stereocenters. The molecule has 0 radical (unpaired) electrons. The van der Waals surface area contributed by atoms with E-state index in [2.05, 4.69) is 0 Å². The van der Waals surface area contributed by atoms with Crippen LogP contribution in [0.15, 0.2) is 23.1 Å². The van der Waals surface area contributed by atoms with E-state index >= 15 is 0 Å². The number of benzene rings is 1. The molecule has 1 aliphatic rings. The van der Waals surface area contributed by atoms with Crippen molar-refractivity contribution in [2.45, 2.75) is 11.3 Å². The molecule has 0 amide bonds. The minimum atomic E-state index is -1.90. The van der Waals surface area contributed by atoms with Gasteiger partial charge in [0.15, 0.2) is 11.1 Å². The number of hydrogen-bond acceptors (Lipinski definition) is 2. The Labute approximate surface area is 72.6 Å². The molecule has 0 aliphatic carbocycles. The first-order valence-corrected chi connectivity index (χ1v) is 4.74. The van der Waals surface area contributed by atoms with Crippen LogP contribution in [0.2, 0.25) is 0 Å². The molecule has 3 nitrogen and oxygen atoms in total. The van der Waals surface area contributed by atoms with Crippen LogP contribution in [0.3, 0.4) is 0 Å². The summed E-state index contributed by atoms with van der Waals surface area (Å²) in [6.45, 7) is 0.677. The summed E-state index contributed by atoms with van der Waals surface area (Å²) < 4.78 is 24.7. The van der Waals surface area contributed by atoms with E-state index in [1.807, 2.05) is 6.07 Å². The molecule has 12 heavy (non-hydrogen) atoms. The smallest absolute Gasteiger partial charge is 0.186 e. The molecule has 1 N–H and O–H groups in total. The van der Waals surface area contributed by atoms with Gasteiger partial charge in [0.2, 0.25) is 0 Å². The average molecular weight is 184 g/mol. The predicted molar refractivity (Wildman–Crippen MR) is 44.7 cm³/mol. The van der Waals surface area contributed by atoms with Gasteiger partial charge in [0.05, 0.1) is 11.5 Å². The summed E-state index contributed by atoms with van der Waals surface area (Å²) >= 11 is -1.90. The highest BCUT2D eigenvalue weighted by molar-refractivity contribution is 7.79. The summed E-state index contributed by atoms with van der Waals surface area (Å²) in [5.74, 6) is 0.745. The normalized spacial score (nSPS) is 16.8. The van der Waals surface area contributed by atoms with Crippen LogP contribution in [0.1, 0.15) is 5.56 Å². The molecule has 1 aromatic rings. The first kappa shape index (κ1) is 7.76. The molecule has 4 heteroatoms. The van der Waals surface area contributed by atoms with Crippen molar-refractivity contribution in [2.24, 2.45) is 0 Å². The number of fused-ring (bicyclic) bond motifs is 1. The minimum absolute atomic E-state index is 0.399. The molecule has 0 bridgehead atoms. The standard InChI is InChI=1S/C8H8O3S/c9-12(10)7-2-1-6-3-4-11-8(6)5-7/h1-2,5H,3-4H2,(H,9,10). The second-order valence-electron chi connectivity index (χ2n) is 2.62. The van der Waals surface area contributed by atoms with Crippen LogP contribution in [0.4, 0.5) is 0 Å². The summed E-state index contributed by atoms with van der Waals surface area (Å²) in [6.07, 6.45) is 0.897. The lowest BCUT2D eigenvalue weighted by atomic mass is 10.2. The molecule has 1 aromatic carbocycles. The molecule has 1 heterocycles. The summed E-state index contributed by atoms with van der Waals surface area (Å²) in [4.78, 5) is 0.399. The van der Waals surface area contributed by atoms with E-state index in [0.717, 1.165) is 17.7 Å². The van der Waals surface area contributed by atoms with E-state index in [1.165, 1.54) is 0 Å². The fourth-order valence-electron chi connectivity index (χ4n) is 1.26. The maximum atomic E-state index is 10.7. The van der Waals surface area contributed by atoms with Gasteiger partial charge in [0, 0.05) is 6.42 Å². The van der Waals surface area contributed by atoms with Gasteiger partial charge in [-0.05, 0) is 17.7 Å². The zero-order valence-electron chi connectivity index (χ0n) is 6.32. The molecule has 1 unspecified atom stereocenters. The second kappa shape index (κ2) is 2.88. The Hall–Kier alpha value is -0.870. The summed E-state index contributed by atoms with van der Waals surface area (Å²) in [6, 6.07) is 5.12. The lowest BCUT2D eigenvalue weighted by molar-refractivity contribution is 0.356. The first-order chi connectivity index (χ1) is 5.77. The van der Waals surface area contributed by atoms with Gasteiger partial charge in [0.25, 0.3) is 0 Å². The fraction of sp³-hybridized carbons (Fsp3) is 0.250. The summed E-state index contributed by atoms with van der Waals surface area (Å²) in [5, 5.41) is 0. The second-order valence-corrected chi connectivity index (χ2v) is 3.59. The third kappa shape index (κ3) is 1.23. The first-order valence-electron chi connectivity index (χ1n) is 3.64. The topological polar surface area (TPSA) is 46.5 Å². The fourth-order valence-corrected chi connectivity index (χ4v) is 1.65. The highest BCUT2D eigenvalue weighted by atomic mass is 32.2. The molecule has 1 aliphatic heterocycles. The Kier molecular flexibility index (Phi) is 1.86. The van der Waals surface area contributed by atoms with Crippen LogP contribution in [0.5, 0.6) is 5.75 Å². The quantitative estimate of drug-likeness (QED) is 0.667. The van der Waals surface area contributed by atoms with Gasteiger partial charge in [-0.15, -0.1) is 0 Å².